The Morgan fingerprint density at radius 2 is 1.63 bits per heavy atom. The van der Waals surface area contributed by atoms with E-state index >= 15 is 0 Å². The van der Waals surface area contributed by atoms with Gasteiger partial charge in [0.1, 0.15) is 0 Å². The van der Waals surface area contributed by atoms with Crippen molar-refractivity contribution in [1.82, 2.24) is 20.0 Å². The molecule has 0 aromatic heterocycles. The number of carbonyl (C=O) groups is 2. The quantitative estimate of drug-likeness (QED) is 0.391. The van der Waals surface area contributed by atoms with Gasteiger partial charge in [-0.05, 0) is 96.0 Å². The molecule has 7 nitrogen and oxygen atoms in total. The van der Waals surface area contributed by atoms with E-state index in [1.165, 1.54) is 19.3 Å². The zero-order valence-corrected chi connectivity index (χ0v) is 24.2. The number of fused-ring (bicyclic) bond motifs is 2. The minimum Gasteiger partial charge on any atom is -0.335 e. The molecule has 1 aromatic rings. The summed E-state index contributed by atoms with van der Waals surface area (Å²) >= 11 is 6.10. The van der Waals surface area contributed by atoms with Crippen LogP contribution in [0, 0.1) is 0 Å². The van der Waals surface area contributed by atoms with Crippen LogP contribution >= 0.6 is 11.6 Å². The van der Waals surface area contributed by atoms with E-state index in [4.69, 9.17) is 17.3 Å². The summed E-state index contributed by atoms with van der Waals surface area (Å²) in [6, 6.07) is 8.66. The van der Waals surface area contributed by atoms with E-state index in [-0.39, 0.29) is 36.1 Å². The van der Waals surface area contributed by atoms with Gasteiger partial charge in [-0.3, -0.25) is 4.79 Å². The number of amides is 3. The van der Waals surface area contributed by atoms with Crippen LogP contribution in [-0.2, 0) is 11.2 Å². The SMILES string of the molecule is CCN(CC)C(=O)N(C1CCCCC1)C1CC2CCC(C1)N2C(=O)[C@H](Cc1ccc(Cl)cc1)NCCCN. The van der Waals surface area contributed by atoms with Gasteiger partial charge in [0.05, 0.1) is 6.04 Å². The Hall–Kier alpha value is -1.83. The van der Waals surface area contributed by atoms with Crippen molar-refractivity contribution in [1.29, 1.82) is 0 Å². The lowest BCUT2D eigenvalue weighted by Crippen LogP contribution is -2.61. The molecule has 8 heteroatoms. The maximum absolute atomic E-state index is 14.1. The number of rotatable bonds is 11. The van der Waals surface area contributed by atoms with Gasteiger partial charge in [0, 0.05) is 42.3 Å². The Balaban J connectivity index is 1.50. The molecule has 3 N–H and O–H groups in total. The summed E-state index contributed by atoms with van der Waals surface area (Å²) in [5, 5.41) is 4.21. The third kappa shape index (κ3) is 6.83. The molecule has 4 rings (SSSR count). The molecule has 2 heterocycles. The van der Waals surface area contributed by atoms with E-state index in [9.17, 15) is 9.59 Å². The maximum Gasteiger partial charge on any atom is 0.320 e. The molecule has 3 atom stereocenters. The van der Waals surface area contributed by atoms with Crippen molar-refractivity contribution in [2.24, 2.45) is 5.73 Å². The standard InChI is InChI=1S/C30H48ClN5O2/c1-3-34(4-2)30(38)36(24-9-6-5-7-10-24)27-20-25-15-16-26(21-27)35(25)29(37)28(33-18-8-17-32)19-22-11-13-23(31)14-12-22/h11-14,24-28,33H,3-10,15-21,32H2,1-2H3/t25?,26?,27?,28-/m0/s1. The Kier molecular flexibility index (Phi) is 10.7. The van der Waals surface area contributed by atoms with Gasteiger partial charge in [0.25, 0.3) is 0 Å². The average Bonchev–Trinajstić information content (AvgIpc) is 3.20. The van der Waals surface area contributed by atoms with Crippen LogP contribution in [0.3, 0.4) is 0 Å². The molecule has 2 unspecified atom stereocenters. The van der Waals surface area contributed by atoms with Gasteiger partial charge in [-0.1, -0.05) is 43.0 Å². The molecule has 2 bridgehead atoms. The van der Waals surface area contributed by atoms with Crippen molar-refractivity contribution < 1.29 is 9.59 Å². The minimum absolute atomic E-state index is 0.196. The fraction of sp³-hybridized carbons (Fsp3) is 0.733. The van der Waals surface area contributed by atoms with Gasteiger partial charge in [-0.15, -0.1) is 0 Å². The second-order valence-corrected chi connectivity index (χ2v) is 11.8. The lowest BCUT2D eigenvalue weighted by Gasteiger charge is -2.48. The molecular formula is C30H48ClN5O2. The third-order valence-electron chi connectivity index (χ3n) is 9.00. The fourth-order valence-corrected chi connectivity index (χ4v) is 7.15. The lowest BCUT2D eigenvalue weighted by atomic mass is 9.89. The molecule has 212 valence electrons. The first kappa shape index (κ1) is 29.2. The Labute approximate surface area is 234 Å². The van der Waals surface area contributed by atoms with Gasteiger partial charge in [-0.2, -0.15) is 0 Å². The summed E-state index contributed by atoms with van der Waals surface area (Å²) in [4.78, 5) is 34.3. The summed E-state index contributed by atoms with van der Waals surface area (Å²) in [6.07, 6.45) is 11.2. The summed E-state index contributed by atoms with van der Waals surface area (Å²) in [5.74, 6) is 0.196. The van der Waals surface area contributed by atoms with Crippen LogP contribution in [-0.4, -0.2) is 83.0 Å². The Morgan fingerprint density at radius 3 is 2.21 bits per heavy atom. The topological polar surface area (TPSA) is 81.9 Å². The van der Waals surface area contributed by atoms with Crippen LogP contribution in [0.4, 0.5) is 4.79 Å². The molecule has 38 heavy (non-hydrogen) atoms. The number of hydrogen-bond acceptors (Lipinski definition) is 4. The van der Waals surface area contributed by atoms with Crippen molar-refractivity contribution in [3.05, 3.63) is 34.9 Å². The normalized spacial score (nSPS) is 24.3. The molecule has 1 saturated carbocycles. The zero-order chi connectivity index (χ0) is 27.1. The number of benzene rings is 1. The first-order chi connectivity index (χ1) is 18.5. The van der Waals surface area contributed by atoms with Gasteiger partial charge in [0.15, 0.2) is 0 Å². The van der Waals surface area contributed by atoms with E-state index < -0.39 is 0 Å². The molecule has 2 saturated heterocycles. The van der Waals surface area contributed by atoms with Crippen molar-refractivity contribution in [2.75, 3.05) is 26.2 Å². The minimum atomic E-state index is -0.283. The molecule has 3 aliphatic rings. The molecule has 3 amide bonds. The Morgan fingerprint density at radius 1 is 1.00 bits per heavy atom. The van der Waals surface area contributed by atoms with Crippen LogP contribution in [0.1, 0.15) is 83.6 Å². The average molecular weight is 546 g/mol. The lowest BCUT2D eigenvalue weighted by molar-refractivity contribution is -0.139. The summed E-state index contributed by atoms with van der Waals surface area (Å²) in [6.45, 7) is 6.95. The van der Waals surface area contributed by atoms with E-state index in [1.54, 1.807) is 0 Å². The van der Waals surface area contributed by atoms with E-state index in [1.807, 2.05) is 29.2 Å². The number of nitrogens with two attached hydrogens (primary N) is 1. The molecular weight excluding hydrogens is 498 g/mol. The van der Waals surface area contributed by atoms with E-state index in [0.29, 0.717) is 24.0 Å². The van der Waals surface area contributed by atoms with E-state index in [2.05, 4.69) is 29.0 Å². The van der Waals surface area contributed by atoms with Gasteiger partial charge in [-0.25, -0.2) is 4.79 Å². The molecule has 0 radical (unpaired) electrons. The molecule has 0 spiro atoms. The fourth-order valence-electron chi connectivity index (χ4n) is 7.02. The van der Waals surface area contributed by atoms with Crippen LogP contribution in [0.25, 0.3) is 0 Å². The first-order valence-corrected chi connectivity index (χ1v) is 15.4. The highest BCUT2D eigenvalue weighted by atomic mass is 35.5. The number of hydrogen-bond donors (Lipinski definition) is 2. The first-order valence-electron chi connectivity index (χ1n) is 15.0. The summed E-state index contributed by atoms with van der Waals surface area (Å²) in [7, 11) is 0. The highest BCUT2D eigenvalue weighted by Gasteiger charge is 2.48. The van der Waals surface area contributed by atoms with Gasteiger partial charge >= 0.3 is 6.03 Å². The highest BCUT2D eigenvalue weighted by Crippen LogP contribution is 2.40. The summed E-state index contributed by atoms with van der Waals surface area (Å²) < 4.78 is 0. The monoisotopic (exact) mass is 545 g/mol. The largest absolute Gasteiger partial charge is 0.335 e. The van der Waals surface area contributed by atoms with Crippen molar-refractivity contribution in [2.45, 2.75) is 115 Å². The number of nitrogens with zero attached hydrogens (tertiary/aromatic N) is 3. The third-order valence-corrected chi connectivity index (χ3v) is 9.25. The van der Waals surface area contributed by atoms with Crippen LogP contribution < -0.4 is 11.1 Å². The van der Waals surface area contributed by atoms with Gasteiger partial charge in [0.2, 0.25) is 5.91 Å². The Bertz CT molecular complexity index is 888. The molecule has 1 aliphatic carbocycles. The number of nitrogens with one attached hydrogen (secondary N) is 1. The second kappa shape index (κ2) is 14.0. The predicted molar refractivity (Wildman–Crippen MR) is 154 cm³/mol. The van der Waals surface area contributed by atoms with Crippen LogP contribution in [0.5, 0.6) is 0 Å². The van der Waals surface area contributed by atoms with Crippen molar-refractivity contribution >= 4 is 23.5 Å². The second-order valence-electron chi connectivity index (χ2n) is 11.4. The predicted octanol–water partition coefficient (Wildman–Crippen LogP) is 4.81. The number of piperidine rings is 1. The highest BCUT2D eigenvalue weighted by molar-refractivity contribution is 6.30. The number of urea groups is 1. The molecule has 1 aromatic carbocycles. The smallest absolute Gasteiger partial charge is 0.320 e. The summed E-state index contributed by atoms with van der Waals surface area (Å²) in [5.41, 5.74) is 6.84. The molecule has 2 aliphatic heterocycles. The van der Waals surface area contributed by atoms with Crippen LogP contribution in [0.15, 0.2) is 24.3 Å². The number of halogens is 1. The van der Waals surface area contributed by atoms with Crippen molar-refractivity contribution in [3.8, 4) is 0 Å². The number of carbonyl (C=O) groups excluding carboxylic acids is 2. The van der Waals surface area contributed by atoms with E-state index in [0.717, 1.165) is 70.1 Å². The maximum atomic E-state index is 14.1. The van der Waals surface area contributed by atoms with Gasteiger partial charge < -0.3 is 25.8 Å². The van der Waals surface area contributed by atoms with Crippen LogP contribution in [0.2, 0.25) is 5.02 Å². The molecule has 3 fully saturated rings. The zero-order valence-electron chi connectivity index (χ0n) is 23.4. The van der Waals surface area contributed by atoms with Crippen molar-refractivity contribution in [3.63, 3.8) is 0 Å².